The summed E-state index contributed by atoms with van der Waals surface area (Å²) in [5.74, 6) is -0.129. The first-order valence-corrected chi connectivity index (χ1v) is 13.6. The van der Waals surface area contributed by atoms with E-state index in [1.807, 2.05) is 44.2 Å². The number of carbonyl (C=O) groups excluding carboxylic acids is 2. The van der Waals surface area contributed by atoms with Gasteiger partial charge in [-0.1, -0.05) is 50.2 Å². The Morgan fingerprint density at radius 1 is 1.21 bits per heavy atom. The second-order valence-electron chi connectivity index (χ2n) is 10.9. The van der Waals surface area contributed by atoms with Gasteiger partial charge < -0.3 is 20.9 Å². The van der Waals surface area contributed by atoms with Gasteiger partial charge in [0.05, 0.1) is 30.1 Å². The number of aliphatic hydroxyl groups is 1. The van der Waals surface area contributed by atoms with Gasteiger partial charge in [-0.05, 0) is 60.9 Å². The third-order valence-electron chi connectivity index (χ3n) is 8.89. The number of ether oxygens (including phenoxy) is 1. The van der Waals surface area contributed by atoms with E-state index in [4.69, 9.17) is 15.5 Å². The highest BCUT2D eigenvalue weighted by Gasteiger charge is 2.59. The number of guanidine groups is 1. The summed E-state index contributed by atoms with van der Waals surface area (Å²) in [6.07, 6.45) is 3.48. The molecule has 0 saturated heterocycles. The molecule has 3 aliphatic rings. The Hall–Kier alpha value is -3.23. The molecule has 1 aliphatic heterocycles. The number of aliphatic hydroxyl groups excluding tert-OH is 1. The smallest absolute Gasteiger partial charge is 0.251 e. The van der Waals surface area contributed by atoms with E-state index in [0.717, 1.165) is 42.4 Å². The van der Waals surface area contributed by atoms with Crippen LogP contribution in [0.2, 0.25) is 0 Å². The lowest BCUT2D eigenvalue weighted by molar-refractivity contribution is -0.131. The van der Waals surface area contributed by atoms with Crippen LogP contribution in [0.25, 0.3) is 0 Å². The number of aliphatic imine (C=N–C) groups is 1. The minimum absolute atomic E-state index is 0.0717. The minimum atomic E-state index is -0.652. The van der Waals surface area contributed by atoms with E-state index in [9.17, 15) is 14.7 Å². The fraction of sp³-hybridized carbons (Fsp3) is 0.500. The van der Waals surface area contributed by atoms with E-state index in [0.29, 0.717) is 25.0 Å². The molecule has 0 unspecified atom stereocenters. The number of nitrogens with zero attached hydrogens (tertiary/aromatic N) is 2. The summed E-state index contributed by atoms with van der Waals surface area (Å²) < 4.78 is 5.35. The standard InChI is InChI=1S/C30H38N4O4/c1-4-29(5-2)18-24(35)34(28(31)33-29)23(13-16-38-3)19-9-8-10-20(17-19)27(37)32-25-21-11-6-7-12-22(21)30(14-15-30)26(25)36/h6-12,17,23,25-26,36H,4-5,13-16,18H2,1-3H3,(H2,31,33)(H,32,37)/t23-,25-,26+/m1/s1. The third-order valence-corrected chi connectivity index (χ3v) is 8.89. The highest BCUT2D eigenvalue weighted by molar-refractivity contribution is 6.00. The van der Waals surface area contributed by atoms with Crippen molar-refractivity contribution in [2.75, 3.05) is 13.7 Å². The van der Waals surface area contributed by atoms with Crippen LogP contribution in [0.1, 0.15) is 91.5 Å². The maximum absolute atomic E-state index is 13.5. The van der Waals surface area contributed by atoms with Gasteiger partial charge in [0.25, 0.3) is 5.91 Å². The number of hydrogen-bond acceptors (Lipinski definition) is 6. The Morgan fingerprint density at radius 3 is 2.61 bits per heavy atom. The van der Waals surface area contributed by atoms with Crippen molar-refractivity contribution in [3.63, 3.8) is 0 Å². The average Bonchev–Trinajstić information content (AvgIpc) is 3.71. The van der Waals surface area contributed by atoms with Crippen molar-refractivity contribution in [3.8, 4) is 0 Å². The Bertz CT molecular complexity index is 1250. The fourth-order valence-electron chi connectivity index (χ4n) is 6.34. The van der Waals surface area contributed by atoms with Crippen LogP contribution in [0, 0.1) is 0 Å². The summed E-state index contributed by atoms with van der Waals surface area (Å²) in [6.45, 7) is 4.47. The van der Waals surface area contributed by atoms with Crippen LogP contribution in [0.5, 0.6) is 0 Å². The normalized spacial score (nSPS) is 23.6. The molecule has 202 valence electrons. The third kappa shape index (κ3) is 4.39. The van der Waals surface area contributed by atoms with Crippen molar-refractivity contribution in [1.29, 1.82) is 0 Å². The molecule has 8 heteroatoms. The SMILES string of the molecule is CCC1(CC)CC(=O)N([C@H](CCOC)c2cccc(C(=O)N[C@@H]3c4ccccc4C4(CC4)[C@H]3O)c2)C(N)=N1. The lowest BCUT2D eigenvalue weighted by Gasteiger charge is -2.40. The molecule has 1 fully saturated rings. The number of benzene rings is 2. The van der Waals surface area contributed by atoms with Gasteiger partial charge in [0, 0.05) is 24.7 Å². The summed E-state index contributed by atoms with van der Waals surface area (Å²) in [6, 6.07) is 14.4. The fourth-order valence-corrected chi connectivity index (χ4v) is 6.34. The molecule has 1 saturated carbocycles. The second-order valence-corrected chi connectivity index (χ2v) is 10.9. The molecule has 1 spiro atoms. The van der Waals surface area contributed by atoms with Crippen LogP contribution in [0.15, 0.2) is 53.5 Å². The molecule has 38 heavy (non-hydrogen) atoms. The van der Waals surface area contributed by atoms with E-state index in [1.54, 1.807) is 24.1 Å². The van der Waals surface area contributed by atoms with E-state index >= 15 is 0 Å². The van der Waals surface area contributed by atoms with Gasteiger partial charge in [0.2, 0.25) is 5.91 Å². The minimum Gasteiger partial charge on any atom is -0.390 e. The van der Waals surface area contributed by atoms with Gasteiger partial charge in [-0.3, -0.25) is 14.5 Å². The second kappa shape index (κ2) is 10.2. The lowest BCUT2D eigenvalue weighted by Crippen LogP contribution is -2.52. The summed E-state index contributed by atoms with van der Waals surface area (Å²) in [5, 5.41) is 14.2. The number of hydrogen-bond donors (Lipinski definition) is 3. The number of methoxy groups -OCH3 is 1. The first-order chi connectivity index (χ1) is 18.3. The maximum Gasteiger partial charge on any atom is 0.251 e. The zero-order valence-corrected chi connectivity index (χ0v) is 22.4. The number of rotatable bonds is 9. The largest absolute Gasteiger partial charge is 0.390 e. The van der Waals surface area contributed by atoms with Crippen molar-refractivity contribution in [2.45, 2.75) is 81.5 Å². The van der Waals surface area contributed by atoms with Crippen LogP contribution >= 0.6 is 0 Å². The first-order valence-electron chi connectivity index (χ1n) is 13.6. The highest BCUT2D eigenvalue weighted by atomic mass is 16.5. The van der Waals surface area contributed by atoms with Crippen LogP contribution in [0.4, 0.5) is 0 Å². The zero-order chi connectivity index (χ0) is 27.1. The molecule has 4 N–H and O–H groups in total. The molecular formula is C30H38N4O4. The predicted octanol–water partition coefficient (Wildman–Crippen LogP) is 3.75. The van der Waals surface area contributed by atoms with Crippen molar-refractivity contribution in [2.24, 2.45) is 10.7 Å². The van der Waals surface area contributed by atoms with Crippen molar-refractivity contribution < 1.29 is 19.4 Å². The number of nitrogens with two attached hydrogens (primary N) is 1. The molecule has 2 aliphatic carbocycles. The molecule has 5 rings (SSSR count). The first kappa shape index (κ1) is 26.4. The number of amides is 2. The Labute approximate surface area is 224 Å². The molecule has 0 aromatic heterocycles. The molecule has 0 bridgehead atoms. The molecule has 0 radical (unpaired) electrons. The number of carbonyl (C=O) groups is 2. The lowest BCUT2D eigenvalue weighted by atomic mass is 9.87. The van der Waals surface area contributed by atoms with E-state index < -0.39 is 23.7 Å². The monoisotopic (exact) mass is 518 g/mol. The predicted molar refractivity (Wildman–Crippen MR) is 146 cm³/mol. The molecule has 2 aromatic carbocycles. The van der Waals surface area contributed by atoms with Crippen molar-refractivity contribution in [3.05, 3.63) is 70.8 Å². The molecular weight excluding hydrogens is 480 g/mol. The zero-order valence-electron chi connectivity index (χ0n) is 22.4. The summed E-state index contributed by atoms with van der Waals surface area (Å²) in [7, 11) is 1.62. The topological polar surface area (TPSA) is 117 Å². The van der Waals surface area contributed by atoms with Gasteiger partial charge in [0.1, 0.15) is 0 Å². The van der Waals surface area contributed by atoms with Gasteiger partial charge in [-0.2, -0.15) is 0 Å². The Morgan fingerprint density at radius 2 is 1.95 bits per heavy atom. The molecule has 3 atom stereocenters. The van der Waals surface area contributed by atoms with Gasteiger partial charge in [0.15, 0.2) is 5.96 Å². The van der Waals surface area contributed by atoms with E-state index in [-0.39, 0.29) is 23.2 Å². The molecule has 2 amide bonds. The molecule has 8 nitrogen and oxygen atoms in total. The van der Waals surface area contributed by atoms with Gasteiger partial charge >= 0.3 is 0 Å². The molecule has 2 aromatic rings. The number of nitrogens with one attached hydrogen (secondary N) is 1. The summed E-state index contributed by atoms with van der Waals surface area (Å²) in [4.78, 5) is 33.2. The highest BCUT2D eigenvalue weighted by Crippen LogP contribution is 2.60. The van der Waals surface area contributed by atoms with Gasteiger partial charge in [-0.15, -0.1) is 0 Å². The Kier molecular flexibility index (Phi) is 7.05. The van der Waals surface area contributed by atoms with Crippen LogP contribution < -0.4 is 11.1 Å². The van der Waals surface area contributed by atoms with Crippen LogP contribution in [-0.2, 0) is 14.9 Å². The van der Waals surface area contributed by atoms with E-state index in [1.165, 1.54) is 0 Å². The average molecular weight is 519 g/mol. The summed E-state index contributed by atoms with van der Waals surface area (Å²) >= 11 is 0. The quantitative estimate of drug-likeness (QED) is 0.467. The van der Waals surface area contributed by atoms with Crippen LogP contribution in [-0.4, -0.2) is 53.1 Å². The van der Waals surface area contributed by atoms with Gasteiger partial charge in [-0.25, -0.2) is 4.99 Å². The molecule has 1 heterocycles. The van der Waals surface area contributed by atoms with Crippen molar-refractivity contribution in [1.82, 2.24) is 10.2 Å². The Balaban J connectivity index is 1.42. The summed E-state index contributed by atoms with van der Waals surface area (Å²) in [5.41, 5.74) is 9.07. The van der Waals surface area contributed by atoms with E-state index in [2.05, 4.69) is 11.4 Å². The number of fused-ring (bicyclic) bond motifs is 2. The van der Waals surface area contributed by atoms with Crippen LogP contribution in [0.3, 0.4) is 0 Å². The van der Waals surface area contributed by atoms with Crippen molar-refractivity contribution >= 4 is 17.8 Å². The maximum atomic E-state index is 13.5.